The number of nitrogens with one attached hydrogen (secondary N) is 1. The summed E-state index contributed by atoms with van der Waals surface area (Å²) in [6, 6.07) is 12.6. The Hall–Kier alpha value is -1.38. The van der Waals surface area contributed by atoms with E-state index >= 15 is 0 Å². The lowest BCUT2D eigenvalue weighted by Crippen LogP contribution is -3.02. The van der Waals surface area contributed by atoms with E-state index in [4.69, 9.17) is 0 Å². The maximum absolute atomic E-state index is 11.3. The zero-order valence-corrected chi connectivity index (χ0v) is 7.79. The number of hydrogen-bond donors (Lipinski definition) is 1. The average molecular weight is 185 g/mol. The molecule has 0 amide bonds. The molecule has 0 atom stereocenters. The quantitative estimate of drug-likeness (QED) is 0.614. The summed E-state index contributed by atoms with van der Waals surface area (Å²) in [6.45, 7) is 1.25. The summed E-state index contributed by atoms with van der Waals surface area (Å²) in [5.41, 5.74) is 2.43. The van der Waals surface area contributed by atoms with Crippen LogP contribution in [0.25, 0.3) is 10.8 Å². The van der Waals surface area contributed by atoms with Crippen molar-refractivity contribution in [2.45, 2.75) is 13.1 Å². The van der Waals surface area contributed by atoms with Crippen LogP contribution in [0.4, 0.5) is 0 Å². The van der Waals surface area contributed by atoms with Gasteiger partial charge in [0.2, 0.25) is 0 Å². The molecule has 2 heteroatoms. The van der Waals surface area contributed by atoms with E-state index < -0.39 is 0 Å². The van der Waals surface area contributed by atoms with Crippen molar-refractivity contribution in [3.05, 3.63) is 52.7 Å². The van der Waals surface area contributed by atoms with E-state index in [9.17, 15) is 5.21 Å². The Balaban J connectivity index is 2.27. The third-order valence-electron chi connectivity index (χ3n) is 2.84. The van der Waals surface area contributed by atoms with Crippen molar-refractivity contribution >= 4 is 10.8 Å². The summed E-state index contributed by atoms with van der Waals surface area (Å²) in [5, 5.41) is 14.1. The summed E-state index contributed by atoms with van der Waals surface area (Å²) < 4.78 is 0. The van der Waals surface area contributed by atoms with Crippen LogP contribution in [-0.4, -0.2) is 0 Å². The smallest absolute Gasteiger partial charge is 0.103 e. The van der Waals surface area contributed by atoms with Crippen LogP contribution >= 0.6 is 0 Å². The highest BCUT2D eigenvalue weighted by atomic mass is 16.5. The van der Waals surface area contributed by atoms with Crippen molar-refractivity contribution in [3.8, 4) is 0 Å². The summed E-state index contributed by atoms with van der Waals surface area (Å²) in [4.78, 5) is 0. The van der Waals surface area contributed by atoms with Crippen molar-refractivity contribution in [2.24, 2.45) is 0 Å². The van der Waals surface area contributed by atoms with Crippen LogP contribution in [0.5, 0.6) is 0 Å². The van der Waals surface area contributed by atoms with Gasteiger partial charge >= 0.3 is 0 Å². The van der Waals surface area contributed by atoms with Crippen LogP contribution in [0.2, 0.25) is 0 Å². The first-order valence-electron chi connectivity index (χ1n) is 4.85. The van der Waals surface area contributed by atoms with Crippen LogP contribution in [0.3, 0.4) is 0 Å². The Morgan fingerprint density at radius 3 is 1.93 bits per heavy atom. The standard InChI is InChI=1S/C12H11NO/c14-13-7-11-5-9-3-1-2-4-10(9)6-12(11)8-13/h1-6,13H,7-8H2. The van der Waals surface area contributed by atoms with Crippen LogP contribution in [-0.2, 0) is 13.1 Å². The molecule has 0 aromatic heterocycles. The van der Waals surface area contributed by atoms with Gasteiger partial charge in [-0.3, -0.25) is 0 Å². The van der Waals surface area contributed by atoms with Gasteiger partial charge in [-0.05, 0) is 22.9 Å². The van der Waals surface area contributed by atoms with E-state index in [1.807, 2.05) is 12.1 Å². The highest BCUT2D eigenvalue weighted by Crippen LogP contribution is 2.21. The SMILES string of the molecule is [O-][NH+]1Cc2cc3ccccc3cc2C1. The number of rotatable bonds is 0. The highest BCUT2D eigenvalue weighted by molar-refractivity contribution is 5.84. The fourth-order valence-electron chi connectivity index (χ4n) is 2.15. The monoisotopic (exact) mass is 185 g/mol. The molecule has 2 aromatic rings. The third kappa shape index (κ3) is 1.12. The lowest BCUT2D eigenvalue weighted by molar-refractivity contribution is -0.869. The molecule has 14 heavy (non-hydrogen) atoms. The molecule has 1 aliphatic rings. The van der Waals surface area contributed by atoms with Crippen LogP contribution < -0.4 is 5.06 Å². The molecule has 0 unspecified atom stereocenters. The van der Waals surface area contributed by atoms with Crippen molar-refractivity contribution in [1.29, 1.82) is 0 Å². The van der Waals surface area contributed by atoms with Crippen LogP contribution in [0.1, 0.15) is 11.1 Å². The second-order valence-corrected chi connectivity index (χ2v) is 3.86. The molecule has 0 radical (unpaired) electrons. The van der Waals surface area contributed by atoms with Crippen molar-refractivity contribution in [1.82, 2.24) is 0 Å². The van der Waals surface area contributed by atoms with E-state index in [-0.39, 0.29) is 0 Å². The molecule has 2 aromatic carbocycles. The second-order valence-electron chi connectivity index (χ2n) is 3.86. The highest BCUT2D eigenvalue weighted by Gasteiger charge is 2.16. The molecule has 0 spiro atoms. The fourth-order valence-corrected chi connectivity index (χ4v) is 2.15. The lowest BCUT2D eigenvalue weighted by Gasteiger charge is -2.12. The first kappa shape index (κ1) is 7.97. The van der Waals surface area contributed by atoms with Crippen LogP contribution in [0.15, 0.2) is 36.4 Å². The minimum Gasteiger partial charge on any atom is -0.634 e. The summed E-state index contributed by atoms with van der Waals surface area (Å²) >= 11 is 0. The van der Waals surface area contributed by atoms with Gasteiger partial charge in [0.25, 0.3) is 0 Å². The first-order chi connectivity index (χ1) is 6.83. The van der Waals surface area contributed by atoms with E-state index in [0.717, 1.165) is 0 Å². The summed E-state index contributed by atoms with van der Waals surface area (Å²) in [5.74, 6) is 0. The normalized spacial score (nSPS) is 16.1. The maximum Gasteiger partial charge on any atom is 0.103 e. The van der Waals surface area contributed by atoms with E-state index in [1.165, 1.54) is 21.9 Å². The van der Waals surface area contributed by atoms with Gasteiger partial charge in [0.05, 0.1) is 0 Å². The fraction of sp³-hybridized carbons (Fsp3) is 0.167. The molecular formula is C12H11NO. The molecule has 70 valence electrons. The first-order valence-corrected chi connectivity index (χ1v) is 4.85. The minimum atomic E-state index is 0.343. The number of hydroxylamine groups is 2. The van der Waals surface area contributed by atoms with Crippen molar-refractivity contribution in [3.63, 3.8) is 0 Å². The summed E-state index contributed by atoms with van der Waals surface area (Å²) in [7, 11) is 0. The zero-order valence-electron chi connectivity index (χ0n) is 7.79. The molecule has 1 aliphatic heterocycles. The van der Waals surface area contributed by atoms with E-state index in [2.05, 4.69) is 24.3 Å². The van der Waals surface area contributed by atoms with Gasteiger partial charge < -0.3 is 10.3 Å². The molecule has 0 saturated heterocycles. The van der Waals surface area contributed by atoms with Gasteiger partial charge in [-0.2, -0.15) is 0 Å². The minimum absolute atomic E-state index is 0.343. The lowest BCUT2D eigenvalue weighted by atomic mass is 10.0. The molecule has 0 aliphatic carbocycles. The molecule has 1 N–H and O–H groups in total. The van der Waals surface area contributed by atoms with E-state index in [0.29, 0.717) is 18.2 Å². The molecule has 3 rings (SSSR count). The van der Waals surface area contributed by atoms with Gasteiger partial charge in [-0.1, -0.05) is 24.3 Å². The van der Waals surface area contributed by atoms with Crippen LogP contribution in [0, 0.1) is 5.21 Å². The topological polar surface area (TPSA) is 27.5 Å². The Morgan fingerprint density at radius 1 is 0.929 bits per heavy atom. The largest absolute Gasteiger partial charge is 0.634 e. The van der Waals surface area contributed by atoms with Gasteiger partial charge in [-0.15, -0.1) is 0 Å². The average Bonchev–Trinajstić information content (AvgIpc) is 2.53. The Bertz CT molecular complexity index is 448. The Morgan fingerprint density at radius 2 is 1.43 bits per heavy atom. The van der Waals surface area contributed by atoms with Crippen molar-refractivity contribution < 1.29 is 5.06 Å². The van der Waals surface area contributed by atoms with Gasteiger partial charge in [0.15, 0.2) is 0 Å². The van der Waals surface area contributed by atoms with Crippen molar-refractivity contribution in [2.75, 3.05) is 0 Å². The molecule has 0 saturated carbocycles. The van der Waals surface area contributed by atoms with Gasteiger partial charge in [-0.25, -0.2) is 0 Å². The third-order valence-corrected chi connectivity index (χ3v) is 2.84. The zero-order chi connectivity index (χ0) is 9.54. The molecule has 1 heterocycles. The number of benzene rings is 2. The predicted molar refractivity (Wildman–Crippen MR) is 55.7 cm³/mol. The van der Waals surface area contributed by atoms with Gasteiger partial charge in [0.1, 0.15) is 13.1 Å². The van der Waals surface area contributed by atoms with Gasteiger partial charge in [0, 0.05) is 11.1 Å². The van der Waals surface area contributed by atoms with E-state index in [1.54, 1.807) is 0 Å². The second kappa shape index (κ2) is 2.80. The molecular weight excluding hydrogens is 174 g/mol. The molecule has 2 nitrogen and oxygen atoms in total. The Labute approximate surface area is 82.3 Å². The molecule has 0 bridgehead atoms. The Kier molecular flexibility index (Phi) is 1.60. The molecule has 0 fully saturated rings. The summed E-state index contributed by atoms with van der Waals surface area (Å²) in [6.07, 6.45) is 0. The number of fused-ring (bicyclic) bond motifs is 2. The number of hydrogen-bond acceptors (Lipinski definition) is 1. The predicted octanol–water partition coefficient (Wildman–Crippen LogP) is 1.24. The maximum atomic E-state index is 11.3. The number of quaternary nitrogens is 1.